The van der Waals surface area contributed by atoms with Gasteiger partial charge in [0.2, 0.25) is 0 Å². The molecule has 12 heavy (non-hydrogen) atoms. The van der Waals surface area contributed by atoms with Crippen molar-refractivity contribution in [2.45, 2.75) is 13.0 Å². The highest BCUT2D eigenvalue weighted by Gasteiger charge is 2.09. The molecule has 2 heteroatoms. The van der Waals surface area contributed by atoms with Crippen LogP contribution in [-0.2, 0) is 0 Å². The average molecular weight is 166 g/mol. The van der Waals surface area contributed by atoms with Crippen LogP contribution in [0.3, 0.4) is 0 Å². The summed E-state index contributed by atoms with van der Waals surface area (Å²) in [5.74, 6) is -0.357. The van der Waals surface area contributed by atoms with Crippen molar-refractivity contribution in [1.29, 1.82) is 0 Å². The summed E-state index contributed by atoms with van der Waals surface area (Å²) >= 11 is 0. The number of rotatable bonds is 2. The van der Waals surface area contributed by atoms with Crippen LogP contribution in [0.15, 0.2) is 30.9 Å². The first-order chi connectivity index (χ1) is 5.66. The Labute approximate surface area is 71.2 Å². The van der Waals surface area contributed by atoms with Gasteiger partial charge in [-0.2, -0.15) is 0 Å². The van der Waals surface area contributed by atoms with Gasteiger partial charge in [-0.1, -0.05) is 24.3 Å². The Hall–Kier alpha value is -1.15. The number of hydrogen-bond donors (Lipinski definition) is 1. The van der Waals surface area contributed by atoms with Crippen molar-refractivity contribution in [3.8, 4) is 0 Å². The molecule has 0 bridgehead atoms. The molecule has 0 saturated heterocycles. The summed E-state index contributed by atoms with van der Waals surface area (Å²) < 4.78 is 13.2. The van der Waals surface area contributed by atoms with E-state index in [4.69, 9.17) is 0 Å². The number of halogens is 1. The summed E-state index contributed by atoms with van der Waals surface area (Å²) in [6.07, 6.45) is 0.391. The molecule has 1 unspecified atom stereocenters. The van der Waals surface area contributed by atoms with Gasteiger partial charge in [-0.3, -0.25) is 0 Å². The van der Waals surface area contributed by atoms with Gasteiger partial charge >= 0.3 is 0 Å². The molecular formula is C10H11FO. The molecule has 1 N–H and O–H groups in total. The van der Waals surface area contributed by atoms with Crippen LogP contribution in [0.1, 0.15) is 17.2 Å². The lowest BCUT2D eigenvalue weighted by molar-refractivity contribution is 0.223. The van der Waals surface area contributed by atoms with Gasteiger partial charge in [-0.25, -0.2) is 4.39 Å². The van der Waals surface area contributed by atoms with Crippen LogP contribution in [0.25, 0.3) is 0 Å². The molecule has 0 saturated carbocycles. The molecule has 0 aliphatic rings. The van der Waals surface area contributed by atoms with Gasteiger partial charge in [0.1, 0.15) is 5.82 Å². The van der Waals surface area contributed by atoms with E-state index in [1.54, 1.807) is 25.1 Å². The van der Waals surface area contributed by atoms with Crippen molar-refractivity contribution < 1.29 is 9.50 Å². The fourth-order valence-electron chi connectivity index (χ4n) is 1.03. The first kappa shape index (κ1) is 8.94. The Morgan fingerprint density at radius 2 is 2.25 bits per heavy atom. The van der Waals surface area contributed by atoms with Crippen LogP contribution in [0.4, 0.5) is 4.39 Å². The van der Waals surface area contributed by atoms with Crippen molar-refractivity contribution >= 4 is 0 Å². The molecule has 0 fully saturated rings. The molecule has 0 aliphatic carbocycles. The third-order valence-corrected chi connectivity index (χ3v) is 1.76. The van der Waals surface area contributed by atoms with Gasteiger partial charge in [-0.15, -0.1) is 6.58 Å². The zero-order valence-electron chi connectivity index (χ0n) is 6.92. The Kier molecular flexibility index (Phi) is 2.61. The van der Waals surface area contributed by atoms with E-state index in [0.29, 0.717) is 5.56 Å². The van der Waals surface area contributed by atoms with Crippen LogP contribution in [0, 0.1) is 12.7 Å². The van der Waals surface area contributed by atoms with Gasteiger partial charge in [0.05, 0.1) is 6.10 Å². The molecule has 0 aromatic heterocycles. The van der Waals surface area contributed by atoms with Gasteiger partial charge in [0.15, 0.2) is 0 Å². The fourth-order valence-corrected chi connectivity index (χ4v) is 1.03. The summed E-state index contributed by atoms with van der Waals surface area (Å²) in [4.78, 5) is 0. The van der Waals surface area contributed by atoms with Crippen LogP contribution >= 0.6 is 0 Å². The summed E-state index contributed by atoms with van der Waals surface area (Å²) in [7, 11) is 0. The van der Waals surface area contributed by atoms with Crippen molar-refractivity contribution in [2.75, 3.05) is 0 Å². The zero-order chi connectivity index (χ0) is 9.14. The SMILES string of the molecule is C=CC(O)c1cccc(C)c1F. The molecule has 64 valence electrons. The molecular weight excluding hydrogens is 155 g/mol. The molecule has 0 amide bonds. The number of aliphatic hydroxyl groups is 1. The molecule has 1 aromatic carbocycles. The van der Waals surface area contributed by atoms with Crippen molar-refractivity contribution in [3.63, 3.8) is 0 Å². The highest BCUT2D eigenvalue weighted by molar-refractivity contribution is 5.28. The molecule has 1 nitrogen and oxygen atoms in total. The second kappa shape index (κ2) is 3.50. The number of benzene rings is 1. The van der Waals surface area contributed by atoms with E-state index < -0.39 is 6.10 Å². The largest absolute Gasteiger partial charge is 0.384 e. The summed E-state index contributed by atoms with van der Waals surface area (Å²) in [5, 5.41) is 9.28. The maximum Gasteiger partial charge on any atom is 0.132 e. The van der Waals surface area contributed by atoms with E-state index in [1.165, 1.54) is 6.08 Å². The maximum absolute atomic E-state index is 13.2. The van der Waals surface area contributed by atoms with Crippen LogP contribution in [-0.4, -0.2) is 5.11 Å². The highest BCUT2D eigenvalue weighted by Crippen LogP contribution is 2.19. The molecule has 0 aliphatic heterocycles. The smallest absolute Gasteiger partial charge is 0.132 e. The minimum atomic E-state index is -0.912. The topological polar surface area (TPSA) is 20.2 Å². The second-order valence-corrected chi connectivity index (χ2v) is 2.66. The van der Waals surface area contributed by atoms with Gasteiger partial charge in [0.25, 0.3) is 0 Å². The van der Waals surface area contributed by atoms with E-state index >= 15 is 0 Å². The summed E-state index contributed by atoms with van der Waals surface area (Å²) in [6, 6.07) is 4.92. The molecule has 1 aromatic rings. The Morgan fingerprint density at radius 1 is 1.58 bits per heavy atom. The second-order valence-electron chi connectivity index (χ2n) is 2.66. The quantitative estimate of drug-likeness (QED) is 0.668. The first-order valence-corrected chi connectivity index (χ1v) is 3.72. The predicted octanol–water partition coefficient (Wildman–Crippen LogP) is 2.35. The lowest BCUT2D eigenvalue weighted by Gasteiger charge is -2.07. The summed E-state index contributed by atoms with van der Waals surface area (Å²) in [6.45, 7) is 5.05. The molecule has 0 spiro atoms. The van der Waals surface area contributed by atoms with E-state index in [2.05, 4.69) is 6.58 Å². The van der Waals surface area contributed by atoms with E-state index in [1.807, 2.05) is 0 Å². The maximum atomic E-state index is 13.2. The van der Waals surface area contributed by atoms with Crippen molar-refractivity contribution in [3.05, 3.63) is 47.8 Å². The number of aryl methyl sites for hydroxylation is 1. The molecule has 0 heterocycles. The monoisotopic (exact) mass is 166 g/mol. The zero-order valence-corrected chi connectivity index (χ0v) is 6.92. The number of aliphatic hydroxyl groups excluding tert-OH is 1. The molecule has 1 rings (SSSR count). The van der Waals surface area contributed by atoms with Crippen LogP contribution in [0.2, 0.25) is 0 Å². The third kappa shape index (κ3) is 1.53. The summed E-state index contributed by atoms with van der Waals surface area (Å²) in [5.41, 5.74) is 0.818. The van der Waals surface area contributed by atoms with Crippen LogP contribution < -0.4 is 0 Å². The molecule has 1 atom stereocenters. The normalized spacial score (nSPS) is 12.6. The first-order valence-electron chi connectivity index (χ1n) is 3.72. The lowest BCUT2D eigenvalue weighted by atomic mass is 10.1. The minimum absolute atomic E-state index is 0.282. The van der Waals surface area contributed by atoms with Crippen molar-refractivity contribution in [1.82, 2.24) is 0 Å². The van der Waals surface area contributed by atoms with E-state index in [-0.39, 0.29) is 11.4 Å². The number of hydrogen-bond acceptors (Lipinski definition) is 1. The minimum Gasteiger partial charge on any atom is -0.384 e. The predicted molar refractivity (Wildman–Crippen MR) is 46.3 cm³/mol. The van der Waals surface area contributed by atoms with E-state index in [0.717, 1.165) is 0 Å². The Balaban J connectivity index is 3.15. The van der Waals surface area contributed by atoms with Crippen LogP contribution in [0.5, 0.6) is 0 Å². The Bertz CT molecular complexity index is 294. The molecule has 0 radical (unpaired) electrons. The Morgan fingerprint density at radius 3 is 2.83 bits per heavy atom. The van der Waals surface area contributed by atoms with Gasteiger partial charge in [-0.05, 0) is 12.5 Å². The van der Waals surface area contributed by atoms with Gasteiger partial charge in [0, 0.05) is 5.56 Å². The fraction of sp³-hybridized carbons (Fsp3) is 0.200. The lowest BCUT2D eigenvalue weighted by Crippen LogP contribution is -1.98. The standard InChI is InChI=1S/C10H11FO/c1-3-9(12)8-6-4-5-7(2)10(8)11/h3-6,9,12H,1H2,2H3. The highest BCUT2D eigenvalue weighted by atomic mass is 19.1. The van der Waals surface area contributed by atoms with Gasteiger partial charge < -0.3 is 5.11 Å². The average Bonchev–Trinajstić information content (AvgIpc) is 2.08. The van der Waals surface area contributed by atoms with Crippen molar-refractivity contribution in [2.24, 2.45) is 0 Å². The third-order valence-electron chi connectivity index (χ3n) is 1.76. The van der Waals surface area contributed by atoms with E-state index in [9.17, 15) is 9.50 Å².